The van der Waals surface area contributed by atoms with E-state index in [0.29, 0.717) is 11.9 Å². The second kappa shape index (κ2) is 6.62. The maximum Gasteiger partial charge on any atom is 0.214 e. The third kappa shape index (κ3) is 3.37. The molecule has 1 heterocycles. The predicted octanol–water partition coefficient (Wildman–Crippen LogP) is 3.86. The summed E-state index contributed by atoms with van der Waals surface area (Å²) < 4.78 is 5.16. The minimum absolute atomic E-state index is 0.546. The van der Waals surface area contributed by atoms with Crippen LogP contribution < -0.4 is 10.1 Å². The van der Waals surface area contributed by atoms with E-state index in [0.717, 1.165) is 18.2 Å². The van der Waals surface area contributed by atoms with Crippen molar-refractivity contribution in [2.75, 3.05) is 12.4 Å². The molecular weight excluding hydrogens is 224 g/mol. The highest BCUT2D eigenvalue weighted by Crippen LogP contribution is 2.29. The zero-order valence-corrected chi connectivity index (χ0v) is 11.5. The van der Waals surface area contributed by atoms with Crippen molar-refractivity contribution < 1.29 is 4.74 Å². The van der Waals surface area contributed by atoms with E-state index in [-0.39, 0.29) is 0 Å². The number of hydrogen-bond acceptors (Lipinski definition) is 3. The van der Waals surface area contributed by atoms with Crippen molar-refractivity contribution in [3.63, 3.8) is 0 Å². The fourth-order valence-corrected chi connectivity index (χ4v) is 2.89. The molecule has 0 aromatic carbocycles. The van der Waals surface area contributed by atoms with Crippen molar-refractivity contribution >= 4 is 5.82 Å². The van der Waals surface area contributed by atoms with Crippen LogP contribution in [0.3, 0.4) is 0 Å². The van der Waals surface area contributed by atoms with Crippen molar-refractivity contribution in [2.24, 2.45) is 5.92 Å². The van der Waals surface area contributed by atoms with Gasteiger partial charge >= 0.3 is 0 Å². The molecule has 0 spiro atoms. The van der Waals surface area contributed by atoms with Gasteiger partial charge in [0.1, 0.15) is 5.82 Å². The van der Waals surface area contributed by atoms with Gasteiger partial charge in [0.2, 0.25) is 5.88 Å². The molecule has 1 unspecified atom stereocenters. The number of nitrogens with zero attached hydrogens (tertiary/aromatic N) is 1. The van der Waals surface area contributed by atoms with E-state index < -0.39 is 0 Å². The maximum atomic E-state index is 5.16. The van der Waals surface area contributed by atoms with Crippen LogP contribution in [0.5, 0.6) is 5.88 Å². The number of methoxy groups -OCH3 is 1. The Morgan fingerprint density at radius 2 is 2.11 bits per heavy atom. The molecular formula is C15H24N2O. The lowest BCUT2D eigenvalue weighted by Crippen LogP contribution is -2.30. The summed E-state index contributed by atoms with van der Waals surface area (Å²) in [7, 11) is 1.66. The minimum atomic E-state index is 0.546. The van der Waals surface area contributed by atoms with Crippen LogP contribution in [0, 0.1) is 5.92 Å². The number of pyridine rings is 1. The molecule has 0 bridgehead atoms. The molecule has 1 aliphatic carbocycles. The molecule has 1 aliphatic rings. The summed E-state index contributed by atoms with van der Waals surface area (Å²) in [4.78, 5) is 4.44. The highest BCUT2D eigenvalue weighted by Gasteiger charge is 2.22. The third-order valence-electron chi connectivity index (χ3n) is 3.92. The smallest absolute Gasteiger partial charge is 0.214 e. The average Bonchev–Trinajstić information content (AvgIpc) is 2.46. The van der Waals surface area contributed by atoms with Gasteiger partial charge in [0.25, 0.3) is 0 Å². The van der Waals surface area contributed by atoms with Gasteiger partial charge < -0.3 is 10.1 Å². The Labute approximate surface area is 110 Å². The van der Waals surface area contributed by atoms with Crippen LogP contribution in [0.4, 0.5) is 5.82 Å². The summed E-state index contributed by atoms with van der Waals surface area (Å²) >= 11 is 0. The third-order valence-corrected chi connectivity index (χ3v) is 3.92. The Morgan fingerprint density at radius 3 is 2.78 bits per heavy atom. The van der Waals surface area contributed by atoms with Crippen LogP contribution in [0.15, 0.2) is 18.2 Å². The Balaban J connectivity index is 1.99. The summed E-state index contributed by atoms with van der Waals surface area (Å²) in [6.45, 7) is 2.26. The van der Waals surface area contributed by atoms with Crippen molar-refractivity contribution in [2.45, 2.75) is 51.5 Å². The second-order valence-corrected chi connectivity index (χ2v) is 5.12. The predicted molar refractivity (Wildman–Crippen MR) is 75.1 cm³/mol. The van der Waals surface area contributed by atoms with E-state index in [1.54, 1.807) is 7.11 Å². The molecule has 0 aliphatic heterocycles. The van der Waals surface area contributed by atoms with Gasteiger partial charge in [0.15, 0.2) is 0 Å². The highest BCUT2D eigenvalue weighted by molar-refractivity contribution is 5.38. The van der Waals surface area contributed by atoms with Gasteiger partial charge in [-0.15, -0.1) is 0 Å². The van der Waals surface area contributed by atoms with Crippen molar-refractivity contribution in [3.05, 3.63) is 18.2 Å². The van der Waals surface area contributed by atoms with Crippen molar-refractivity contribution in [1.29, 1.82) is 0 Å². The molecule has 0 radical (unpaired) electrons. The van der Waals surface area contributed by atoms with E-state index in [4.69, 9.17) is 4.74 Å². The maximum absolute atomic E-state index is 5.16. The zero-order chi connectivity index (χ0) is 12.8. The summed E-state index contributed by atoms with van der Waals surface area (Å²) in [6, 6.07) is 6.44. The van der Waals surface area contributed by atoms with Crippen LogP contribution in [-0.2, 0) is 0 Å². The average molecular weight is 248 g/mol. The van der Waals surface area contributed by atoms with Crippen LogP contribution in [0.25, 0.3) is 0 Å². The Kier molecular flexibility index (Phi) is 4.85. The van der Waals surface area contributed by atoms with E-state index in [1.165, 1.54) is 32.1 Å². The molecule has 3 heteroatoms. The van der Waals surface area contributed by atoms with E-state index in [2.05, 4.69) is 17.2 Å². The van der Waals surface area contributed by atoms with Crippen LogP contribution in [0.1, 0.15) is 45.4 Å². The summed E-state index contributed by atoms with van der Waals surface area (Å²) in [5.41, 5.74) is 0. The molecule has 1 fully saturated rings. The molecule has 0 saturated heterocycles. The topological polar surface area (TPSA) is 34.1 Å². The molecule has 1 atom stereocenters. The Hall–Kier alpha value is -1.25. The highest BCUT2D eigenvalue weighted by atomic mass is 16.5. The fourth-order valence-electron chi connectivity index (χ4n) is 2.89. The first kappa shape index (κ1) is 13.2. The minimum Gasteiger partial charge on any atom is -0.481 e. The zero-order valence-electron chi connectivity index (χ0n) is 11.5. The monoisotopic (exact) mass is 248 g/mol. The molecule has 18 heavy (non-hydrogen) atoms. The lowest BCUT2D eigenvalue weighted by molar-refractivity contribution is 0.312. The standard InChI is InChI=1S/C15H24N2O/c1-3-13(12-8-5-4-6-9-12)16-14-10-7-11-15(17-14)18-2/h7,10-13H,3-6,8-9H2,1-2H3,(H,16,17). The molecule has 1 aromatic rings. The van der Waals surface area contributed by atoms with Gasteiger partial charge in [-0.3, -0.25) is 0 Å². The van der Waals surface area contributed by atoms with Crippen LogP contribution >= 0.6 is 0 Å². The first-order chi connectivity index (χ1) is 8.83. The van der Waals surface area contributed by atoms with Gasteiger partial charge in [0.05, 0.1) is 7.11 Å². The van der Waals surface area contributed by atoms with E-state index >= 15 is 0 Å². The first-order valence-electron chi connectivity index (χ1n) is 7.11. The summed E-state index contributed by atoms with van der Waals surface area (Å²) in [5.74, 6) is 2.42. The van der Waals surface area contributed by atoms with Crippen LogP contribution in [-0.4, -0.2) is 18.1 Å². The summed E-state index contributed by atoms with van der Waals surface area (Å²) in [5, 5.41) is 3.58. The number of ether oxygens (including phenoxy) is 1. The quantitative estimate of drug-likeness (QED) is 0.859. The van der Waals surface area contributed by atoms with Gasteiger partial charge in [-0.25, -0.2) is 0 Å². The van der Waals surface area contributed by atoms with Gasteiger partial charge in [-0.2, -0.15) is 4.98 Å². The Bertz CT molecular complexity index is 361. The molecule has 1 N–H and O–H groups in total. The fraction of sp³-hybridized carbons (Fsp3) is 0.667. The molecule has 3 nitrogen and oxygen atoms in total. The van der Waals surface area contributed by atoms with Crippen LogP contribution in [0.2, 0.25) is 0 Å². The molecule has 100 valence electrons. The van der Waals surface area contributed by atoms with Crippen molar-refractivity contribution in [3.8, 4) is 5.88 Å². The number of aromatic nitrogens is 1. The Morgan fingerprint density at radius 1 is 1.33 bits per heavy atom. The normalized spacial score (nSPS) is 18.3. The molecule has 0 amide bonds. The summed E-state index contributed by atoms with van der Waals surface area (Å²) in [6.07, 6.45) is 8.04. The van der Waals surface area contributed by atoms with E-state index in [9.17, 15) is 0 Å². The number of nitrogens with one attached hydrogen (secondary N) is 1. The van der Waals surface area contributed by atoms with E-state index in [1.807, 2.05) is 18.2 Å². The van der Waals surface area contributed by atoms with Crippen molar-refractivity contribution in [1.82, 2.24) is 4.98 Å². The molecule has 1 aromatic heterocycles. The molecule has 1 saturated carbocycles. The number of anilines is 1. The first-order valence-corrected chi connectivity index (χ1v) is 7.11. The van der Waals surface area contributed by atoms with Gasteiger partial charge in [-0.1, -0.05) is 32.3 Å². The second-order valence-electron chi connectivity index (χ2n) is 5.12. The number of rotatable bonds is 5. The molecule has 2 rings (SSSR count). The van der Waals surface area contributed by atoms with Gasteiger partial charge in [-0.05, 0) is 31.2 Å². The largest absolute Gasteiger partial charge is 0.481 e. The SMILES string of the molecule is CCC(Nc1cccc(OC)n1)C1CCCCC1. The lowest BCUT2D eigenvalue weighted by atomic mass is 9.83. The lowest BCUT2D eigenvalue weighted by Gasteiger charge is -2.30. The number of hydrogen-bond donors (Lipinski definition) is 1. The van der Waals surface area contributed by atoms with Gasteiger partial charge in [0, 0.05) is 12.1 Å².